The molecule has 1 aromatic rings. The maximum absolute atomic E-state index is 12.7. The molecule has 2 aliphatic heterocycles. The average Bonchev–Trinajstić information content (AvgIpc) is 2.70. The summed E-state index contributed by atoms with van der Waals surface area (Å²) in [6.07, 6.45) is 1.86. The van der Waals surface area contributed by atoms with Gasteiger partial charge in [-0.1, -0.05) is 24.3 Å². The summed E-state index contributed by atoms with van der Waals surface area (Å²) in [5.74, 6) is 0.219. The van der Waals surface area contributed by atoms with Crippen LogP contribution >= 0.6 is 12.4 Å². The summed E-state index contributed by atoms with van der Waals surface area (Å²) in [7, 11) is 0. The zero-order valence-electron chi connectivity index (χ0n) is 12.4. The van der Waals surface area contributed by atoms with Gasteiger partial charge in [0.25, 0.3) is 0 Å². The third-order valence-electron chi connectivity index (χ3n) is 4.14. The fraction of sp³-hybridized carbons (Fsp3) is 0.562. The molecule has 2 atom stereocenters. The number of amides is 1. The van der Waals surface area contributed by atoms with Gasteiger partial charge in [0.2, 0.25) is 5.91 Å². The molecule has 116 valence electrons. The second-order valence-electron chi connectivity index (χ2n) is 5.73. The Morgan fingerprint density at radius 2 is 2.10 bits per heavy atom. The van der Waals surface area contributed by atoms with Gasteiger partial charge in [-0.3, -0.25) is 4.79 Å². The van der Waals surface area contributed by atoms with Crippen LogP contribution in [0.2, 0.25) is 0 Å². The van der Waals surface area contributed by atoms with Crippen molar-refractivity contribution in [1.82, 2.24) is 10.2 Å². The second-order valence-corrected chi connectivity index (χ2v) is 5.73. The van der Waals surface area contributed by atoms with Crippen LogP contribution < -0.4 is 5.32 Å². The summed E-state index contributed by atoms with van der Waals surface area (Å²) in [6.45, 7) is 5.09. The molecule has 2 aliphatic rings. The minimum atomic E-state index is -0.0878. The van der Waals surface area contributed by atoms with Crippen molar-refractivity contribution in [1.29, 1.82) is 0 Å². The van der Waals surface area contributed by atoms with Gasteiger partial charge in [-0.2, -0.15) is 0 Å². The molecule has 0 bridgehead atoms. The largest absolute Gasteiger partial charge is 0.377 e. The molecule has 1 N–H and O–H groups in total. The van der Waals surface area contributed by atoms with Crippen molar-refractivity contribution >= 4 is 18.3 Å². The number of ether oxygens (including phenoxy) is 1. The van der Waals surface area contributed by atoms with E-state index in [9.17, 15) is 4.79 Å². The summed E-state index contributed by atoms with van der Waals surface area (Å²) < 4.78 is 5.61. The van der Waals surface area contributed by atoms with E-state index in [1.165, 1.54) is 11.1 Å². The molecule has 0 aliphatic carbocycles. The lowest BCUT2D eigenvalue weighted by Gasteiger charge is -2.31. The van der Waals surface area contributed by atoms with E-state index >= 15 is 0 Å². The Morgan fingerprint density at radius 3 is 2.90 bits per heavy atom. The second kappa shape index (κ2) is 7.25. The van der Waals surface area contributed by atoms with E-state index in [4.69, 9.17) is 4.74 Å². The number of carbonyl (C=O) groups is 1. The molecule has 3 rings (SSSR count). The van der Waals surface area contributed by atoms with Gasteiger partial charge in [0.15, 0.2) is 0 Å². The van der Waals surface area contributed by atoms with Gasteiger partial charge in [0, 0.05) is 26.2 Å². The minimum absolute atomic E-state index is 0. The van der Waals surface area contributed by atoms with Crippen LogP contribution in [0.25, 0.3) is 0 Å². The van der Waals surface area contributed by atoms with E-state index in [0.717, 1.165) is 32.5 Å². The van der Waals surface area contributed by atoms with E-state index in [-0.39, 0.29) is 30.5 Å². The average molecular weight is 311 g/mol. The van der Waals surface area contributed by atoms with Crippen molar-refractivity contribution in [3.05, 3.63) is 35.4 Å². The Morgan fingerprint density at radius 1 is 1.33 bits per heavy atom. The standard InChI is InChI=1S/C16H22N2O2.ClH/c1-12-11-18(7-4-8-20-12)16(19)15-9-13-5-2-3-6-14(13)10-17-15;/h2-3,5-6,12,15,17H,4,7-11H2,1H3;1H. The number of carbonyl (C=O) groups excluding carboxylic acids is 1. The van der Waals surface area contributed by atoms with Crippen LogP contribution in [0.15, 0.2) is 24.3 Å². The molecule has 0 aromatic heterocycles. The van der Waals surface area contributed by atoms with E-state index in [1.807, 2.05) is 17.9 Å². The Labute approximate surface area is 132 Å². The topological polar surface area (TPSA) is 41.6 Å². The normalized spacial score (nSPS) is 25.5. The predicted molar refractivity (Wildman–Crippen MR) is 84.6 cm³/mol. The SMILES string of the molecule is CC1CN(C(=O)C2Cc3ccccc3CN2)CCCO1.Cl. The highest BCUT2D eigenvalue weighted by atomic mass is 35.5. The Hall–Kier alpha value is -1.10. The lowest BCUT2D eigenvalue weighted by atomic mass is 9.95. The number of rotatable bonds is 1. The van der Waals surface area contributed by atoms with Gasteiger partial charge in [-0.15, -0.1) is 12.4 Å². The Bertz CT molecular complexity index is 495. The third kappa shape index (κ3) is 3.76. The zero-order valence-corrected chi connectivity index (χ0v) is 13.2. The number of nitrogens with one attached hydrogen (secondary N) is 1. The van der Waals surface area contributed by atoms with Gasteiger partial charge < -0.3 is 15.0 Å². The zero-order chi connectivity index (χ0) is 13.9. The quantitative estimate of drug-likeness (QED) is 0.859. The highest BCUT2D eigenvalue weighted by Crippen LogP contribution is 2.18. The maximum Gasteiger partial charge on any atom is 0.240 e. The third-order valence-corrected chi connectivity index (χ3v) is 4.14. The monoisotopic (exact) mass is 310 g/mol. The number of nitrogens with zero attached hydrogens (tertiary/aromatic N) is 1. The number of hydrogen-bond acceptors (Lipinski definition) is 3. The van der Waals surface area contributed by atoms with E-state index in [0.29, 0.717) is 6.54 Å². The smallest absolute Gasteiger partial charge is 0.240 e. The first-order valence-corrected chi connectivity index (χ1v) is 7.44. The first kappa shape index (κ1) is 16.3. The van der Waals surface area contributed by atoms with E-state index in [2.05, 4.69) is 23.5 Å². The van der Waals surface area contributed by atoms with Crippen molar-refractivity contribution in [3.8, 4) is 0 Å². The molecule has 2 unspecified atom stereocenters. The maximum atomic E-state index is 12.7. The molecule has 1 saturated heterocycles. The van der Waals surface area contributed by atoms with Crippen LogP contribution in [0.3, 0.4) is 0 Å². The molecule has 1 amide bonds. The molecule has 1 aromatic carbocycles. The number of benzene rings is 1. The van der Waals surface area contributed by atoms with E-state index in [1.54, 1.807) is 0 Å². The molecular weight excluding hydrogens is 288 g/mol. The predicted octanol–water partition coefficient (Wildman–Crippen LogP) is 1.76. The molecule has 4 nitrogen and oxygen atoms in total. The van der Waals surface area contributed by atoms with Crippen LogP contribution in [-0.4, -0.2) is 42.6 Å². The van der Waals surface area contributed by atoms with Crippen LogP contribution in [0, 0.1) is 0 Å². The fourth-order valence-electron chi connectivity index (χ4n) is 3.04. The van der Waals surface area contributed by atoms with Crippen LogP contribution in [0.5, 0.6) is 0 Å². The summed E-state index contributed by atoms with van der Waals surface area (Å²) in [5, 5.41) is 3.38. The van der Waals surface area contributed by atoms with Gasteiger partial charge in [-0.05, 0) is 30.9 Å². The van der Waals surface area contributed by atoms with E-state index < -0.39 is 0 Å². The highest BCUT2D eigenvalue weighted by Gasteiger charge is 2.29. The van der Waals surface area contributed by atoms with Gasteiger partial charge in [-0.25, -0.2) is 0 Å². The van der Waals surface area contributed by atoms with Gasteiger partial charge in [0.05, 0.1) is 12.1 Å². The van der Waals surface area contributed by atoms with Crippen molar-refractivity contribution in [3.63, 3.8) is 0 Å². The minimum Gasteiger partial charge on any atom is -0.377 e. The Balaban J connectivity index is 0.00000161. The number of fused-ring (bicyclic) bond motifs is 1. The van der Waals surface area contributed by atoms with Crippen LogP contribution in [-0.2, 0) is 22.5 Å². The molecule has 5 heteroatoms. The number of hydrogen-bond donors (Lipinski definition) is 1. The van der Waals surface area contributed by atoms with Crippen molar-refractivity contribution in [2.75, 3.05) is 19.7 Å². The highest BCUT2D eigenvalue weighted by molar-refractivity contribution is 5.85. The van der Waals surface area contributed by atoms with Crippen LogP contribution in [0.1, 0.15) is 24.5 Å². The van der Waals surface area contributed by atoms with Crippen molar-refractivity contribution in [2.24, 2.45) is 0 Å². The molecule has 0 spiro atoms. The lowest BCUT2D eigenvalue weighted by Crippen LogP contribution is -2.50. The molecular formula is C16H23ClN2O2. The molecule has 2 heterocycles. The summed E-state index contributed by atoms with van der Waals surface area (Å²) in [6, 6.07) is 8.27. The summed E-state index contributed by atoms with van der Waals surface area (Å²) in [5.41, 5.74) is 2.60. The molecule has 0 saturated carbocycles. The van der Waals surface area contributed by atoms with Crippen LogP contribution in [0.4, 0.5) is 0 Å². The Kier molecular flexibility index (Phi) is 5.62. The molecule has 1 fully saturated rings. The van der Waals surface area contributed by atoms with Crippen molar-refractivity contribution < 1.29 is 9.53 Å². The lowest BCUT2D eigenvalue weighted by molar-refractivity contribution is -0.134. The first-order valence-electron chi connectivity index (χ1n) is 7.44. The van der Waals surface area contributed by atoms with Gasteiger partial charge >= 0.3 is 0 Å². The summed E-state index contributed by atoms with van der Waals surface area (Å²) in [4.78, 5) is 14.6. The fourth-order valence-corrected chi connectivity index (χ4v) is 3.04. The number of halogens is 1. The van der Waals surface area contributed by atoms with Crippen molar-refractivity contribution in [2.45, 2.75) is 38.5 Å². The molecule has 0 radical (unpaired) electrons. The summed E-state index contributed by atoms with van der Waals surface area (Å²) >= 11 is 0. The van der Waals surface area contributed by atoms with Gasteiger partial charge in [0.1, 0.15) is 0 Å². The first-order chi connectivity index (χ1) is 9.74. The molecule has 21 heavy (non-hydrogen) atoms.